The number of urea groups is 1. The average molecular weight is 321 g/mol. The molecule has 0 spiro atoms. The van der Waals surface area contributed by atoms with E-state index in [1.54, 1.807) is 6.92 Å². The summed E-state index contributed by atoms with van der Waals surface area (Å²) in [5.41, 5.74) is 2.47. The van der Waals surface area contributed by atoms with Gasteiger partial charge in [-0.25, -0.2) is 4.79 Å². The predicted octanol–water partition coefficient (Wildman–Crippen LogP) is 3.69. The molecule has 0 atom stereocenters. The van der Waals surface area contributed by atoms with Gasteiger partial charge >= 0.3 is 6.03 Å². The molecular weight excluding hydrogens is 304 g/mol. The molecule has 0 aliphatic rings. The van der Waals surface area contributed by atoms with Crippen molar-refractivity contribution in [3.63, 3.8) is 0 Å². The van der Waals surface area contributed by atoms with Gasteiger partial charge in [0.2, 0.25) is 0 Å². The van der Waals surface area contributed by atoms with Crippen LogP contribution in [-0.2, 0) is 6.54 Å². The largest absolute Gasteiger partial charge is 0.508 e. The molecule has 5 nitrogen and oxygen atoms in total. The van der Waals surface area contributed by atoms with E-state index in [4.69, 9.17) is 11.6 Å². The number of phenols is 2. The lowest BCUT2D eigenvalue weighted by atomic mass is 10.1. The van der Waals surface area contributed by atoms with Gasteiger partial charge in [-0.05, 0) is 25.0 Å². The summed E-state index contributed by atoms with van der Waals surface area (Å²) >= 11 is 5.88. The van der Waals surface area contributed by atoms with Crippen LogP contribution in [0.2, 0.25) is 5.02 Å². The molecule has 0 saturated carbocycles. The Morgan fingerprint density at radius 1 is 1.23 bits per heavy atom. The monoisotopic (exact) mass is 320 g/mol. The summed E-state index contributed by atoms with van der Waals surface area (Å²) in [6.45, 7) is 3.88. The maximum absolute atomic E-state index is 11.9. The summed E-state index contributed by atoms with van der Waals surface area (Å²) < 4.78 is 0. The van der Waals surface area contributed by atoms with E-state index in [0.717, 1.165) is 11.1 Å². The average Bonchev–Trinajstić information content (AvgIpc) is 2.49. The van der Waals surface area contributed by atoms with Crippen molar-refractivity contribution in [2.45, 2.75) is 20.4 Å². The molecule has 2 rings (SSSR count). The second-order valence-corrected chi connectivity index (χ2v) is 5.34. The molecule has 0 bridgehead atoms. The van der Waals surface area contributed by atoms with E-state index >= 15 is 0 Å². The fourth-order valence-corrected chi connectivity index (χ4v) is 2.17. The van der Waals surface area contributed by atoms with Crippen molar-refractivity contribution in [1.82, 2.24) is 5.32 Å². The van der Waals surface area contributed by atoms with Crippen LogP contribution in [0.3, 0.4) is 0 Å². The number of phenolic OH excluding ortho intramolecular Hbond substituents is 2. The summed E-state index contributed by atoms with van der Waals surface area (Å²) in [5, 5.41) is 24.7. The molecule has 0 heterocycles. The van der Waals surface area contributed by atoms with E-state index in [-0.39, 0.29) is 22.2 Å². The first-order valence-electron chi connectivity index (χ1n) is 6.70. The topological polar surface area (TPSA) is 81.6 Å². The molecule has 0 saturated heterocycles. The molecule has 2 aromatic carbocycles. The first kappa shape index (κ1) is 16.0. The van der Waals surface area contributed by atoms with Gasteiger partial charge in [0, 0.05) is 18.2 Å². The van der Waals surface area contributed by atoms with Crippen LogP contribution in [0.4, 0.5) is 10.5 Å². The van der Waals surface area contributed by atoms with Crippen molar-refractivity contribution in [2.24, 2.45) is 0 Å². The Morgan fingerprint density at radius 2 is 1.91 bits per heavy atom. The molecule has 22 heavy (non-hydrogen) atoms. The zero-order valence-electron chi connectivity index (χ0n) is 12.3. The van der Waals surface area contributed by atoms with Crippen molar-refractivity contribution >= 4 is 23.3 Å². The highest BCUT2D eigenvalue weighted by Crippen LogP contribution is 2.39. The number of carbonyl (C=O) groups is 1. The number of halogens is 1. The third kappa shape index (κ3) is 3.43. The van der Waals surface area contributed by atoms with Gasteiger partial charge in [-0.2, -0.15) is 0 Å². The lowest BCUT2D eigenvalue weighted by Gasteiger charge is -2.13. The van der Waals surface area contributed by atoms with Crippen molar-refractivity contribution < 1.29 is 15.0 Å². The number of carbonyl (C=O) groups excluding carboxylic acids is 1. The van der Waals surface area contributed by atoms with Gasteiger partial charge in [-0.1, -0.05) is 35.9 Å². The maximum atomic E-state index is 11.9. The number of hydrogen-bond donors (Lipinski definition) is 4. The minimum Gasteiger partial charge on any atom is -0.508 e. The molecule has 2 amide bonds. The summed E-state index contributed by atoms with van der Waals surface area (Å²) in [6.07, 6.45) is 0. The predicted molar refractivity (Wildman–Crippen MR) is 86.6 cm³/mol. The van der Waals surface area contributed by atoms with Crippen LogP contribution in [-0.4, -0.2) is 16.2 Å². The lowest BCUT2D eigenvalue weighted by molar-refractivity contribution is 0.251. The van der Waals surface area contributed by atoms with Gasteiger partial charge in [0.05, 0.1) is 10.7 Å². The molecule has 116 valence electrons. The molecule has 6 heteroatoms. The van der Waals surface area contributed by atoms with Gasteiger partial charge in [0.1, 0.15) is 5.75 Å². The summed E-state index contributed by atoms with van der Waals surface area (Å²) in [4.78, 5) is 11.9. The van der Waals surface area contributed by atoms with Crippen molar-refractivity contribution in [1.29, 1.82) is 0 Å². The molecule has 0 fully saturated rings. The second kappa shape index (κ2) is 6.58. The smallest absolute Gasteiger partial charge is 0.319 e. The van der Waals surface area contributed by atoms with Crippen molar-refractivity contribution in [3.05, 3.63) is 52.0 Å². The molecule has 0 aliphatic carbocycles. The van der Waals surface area contributed by atoms with Crippen LogP contribution in [0.1, 0.15) is 16.7 Å². The second-order valence-electron chi connectivity index (χ2n) is 4.97. The van der Waals surface area contributed by atoms with Crippen LogP contribution in [0, 0.1) is 13.8 Å². The molecule has 0 aromatic heterocycles. The number of amides is 2. The summed E-state index contributed by atoms with van der Waals surface area (Å²) in [7, 11) is 0. The quantitative estimate of drug-likeness (QED) is 0.514. The van der Waals surface area contributed by atoms with E-state index in [9.17, 15) is 15.0 Å². The maximum Gasteiger partial charge on any atom is 0.319 e. The minimum atomic E-state index is -0.502. The Bertz CT molecular complexity index is 717. The Morgan fingerprint density at radius 3 is 2.59 bits per heavy atom. The van der Waals surface area contributed by atoms with Gasteiger partial charge in [-0.15, -0.1) is 0 Å². The zero-order valence-corrected chi connectivity index (χ0v) is 13.0. The molecule has 4 N–H and O–H groups in total. The Kier molecular flexibility index (Phi) is 4.78. The number of aromatic hydroxyl groups is 2. The van der Waals surface area contributed by atoms with E-state index < -0.39 is 6.03 Å². The third-order valence-corrected chi connectivity index (χ3v) is 3.87. The zero-order chi connectivity index (χ0) is 16.3. The van der Waals surface area contributed by atoms with Crippen LogP contribution in [0.5, 0.6) is 11.5 Å². The fraction of sp³-hybridized carbons (Fsp3) is 0.188. The molecule has 0 aliphatic heterocycles. The van der Waals surface area contributed by atoms with Crippen LogP contribution in [0.25, 0.3) is 0 Å². The van der Waals surface area contributed by atoms with E-state index in [1.807, 2.05) is 31.2 Å². The van der Waals surface area contributed by atoms with Crippen LogP contribution >= 0.6 is 11.6 Å². The van der Waals surface area contributed by atoms with Gasteiger partial charge in [-0.3, -0.25) is 0 Å². The normalized spacial score (nSPS) is 10.3. The standard InChI is InChI=1S/C16H17ClN2O3/c1-9-5-3-4-6-11(9)8-18-16(22)19-12-7-13(20)10(2)14(17)15(12)21/h3-7,20-21H,8H2,1-2H3,(H2,18,19,22). The Balaban J connectivity index is 2.06. The van der Waals surface area contributed by atoms with Crippen molar-refractivity contribution in [3.8, 4) is 11.5 Å². The molecule has 0 unspecified atom stereocenters. The SMILES string of the molecule is Cc1ccccc1CNC(=O)Nc1cc(O)c(C)c(Cl)c1O. The number of benzene rings is 2. The van der Waals surface area contributed by atoms with Crippen LogP contribution < -0.4 is 10.6 Å². The van der Waals surface area contributed by atoms with Crippen LogP contribution in [0.15, 0.2) is 30.3 Å². The highest BCUT2D eigenvalue weighted by Gasteiger charge is 2.14. The number of anilines is 1. The van der Waals surface area contributed by atoms with Gasteiger partial charge in [0.25, 0.3) is 0 Å². The van der Waals surface area contributed by atoms with Crippen molar-refractivity contribution in [2.75, 3.05) is 5.32 Å². The Hall–Kier alpha value is -2.40. The number of aryl methyl sites for hydroxylation is 1. The highest BCUT2D eigenvalue weighted by atomic mass is 35.5. The van der Waals surface area contributed by atoms with E-state index in [0.29, 0.717) is 12.1 Å². The Labute approximate surface area is 133 Å². The molecule has 0 radical (unpaired) electrons. The summed E-state index contributed by atoms with van der Waals surface area (Å²) in [5.74, 6) is -0.375. The number of hydrogen-bond acceptors (Lipinski definition) is 3. The fourth-order valence-electron chi connectivity index (χ4n) is 1.97. The van der Waals surface area contributed by atoms with Gasteiger partial charge < -0.3 is 20.8 Å². The molecular formula is C16H17ClN2O3. The number of rotatable bonds is 3. The third-order valence-electron chi connectivity index (χ3n) is 3.41. The minimum absolute atomic E-state index is 0.00852. The van der Waals surface area contributed by atoms with E-state index in [2.05, 4.69) is 10.6 Å². The van der Waals surface area contributed by atoms with E-state index in [1.165, 1.54) is 6.07 Å². The highest BCUT2D eigenvalue weighted by molar-refractivity contribution is 6.33. The van der Waals surface area contributed by atoms with Gasteiger partial charge in [0.15, 0.2) is 5.75 Å². The lowest BCUT2D eigenvalue weighted by Crippen LogP contribution is -2.28. The molecule has 2 aromatic rings. The number of nitrogens with one attached hydrogen (secondary N) is 2. The summed E-state index contributed by atoms with van der Waals surface area (Å²) in [6, 6.07) is 8.45. The first-order chi connectivity index (χ1) is 10.4. The first-order valence-corrected chi connectivity index (χ1v) is 7.08.